The van der Waals surface area contributed by atoms with Crippen LogP contribution in [0.5, 0.6) is 0 Å². The van der Waals surface area contributed by atoms with Crippen LogP contribution < -0.4 is 5.32 Å². The second-order valence-electron chi connectivity index (χ2n) is 5.73. The summed E-state index contributed by atoms with van der Waals surface area (Å²) in [4.78, 5) is 24.0. The highest BCUT2D eigenvalue weighted by Gasteiger charge is 2.18. The number of nitrogens with one attached hydrogen (secondary N) is 1. The second kappa shape index (κ2) is 9.86. The van der Waals surface area contributed by atoms with E-state index in [0.29, 0.717) is 21.5 Å². The lowest BCUT2D eigenvalue weighted by Gasteiger charge is -2.13. The first-order valence-corrected chi connectivity index (χ1v) is 9.85. The molecule has 1 amide bonds. The fourth-order valence-electron chi connectivity index (χ4n) is 2.05. The molecule has 0 saturated carbocycles. The van der Waals surface area contributed by atoms with E-state index in [9.17, 15) is 9.59 Å². The molecule has 0 aliphatic heterocycles. The van der Waals surface area contributed by atoms with E-state index in [1.165, 1.54) is 11.8 Å². The van der Waals surface area contributed by atoms with Gasteiger partial charge in [0.05, 0.1) is 15.8 Å². The first-order chi connectivity index (χ1) is 12.3. The number of anilines is 1. The van der Waals surface area contributed by atoms with Gasteiger partial charge in [-0.05, 0) is 43.7 Å². The van der Waals surface area contributed by atoms with Crippen molar-refractivity contribution in [1.82, 2.24) is 0 Å². The Morgan fingerprint density at radius 3 is 2.46 bits per heavy atom. The number of benzene rings is 2. The first-order valence-electron chi connectivity index (χ1n) is 7.94. The number of amides is 1. The van der Waals surface area contributed by atoms with Gasteiger partial charge in [-0.3, -0.25) is 9.59 Å². The van der Waals surface area contributed by atoms with Crippen molar-refractivity contribution in [2.45, 2.75) is 25.7 Å². The molecule has 2 aromatic carbocycles. The summed E-state index contributed by atoms with van der Waals surface area (Å²) >= 11 is 13.2. The largest absolute Gasteiger partial charge is 0.452 e. The van der Waals surface area contributed by atoms with Crippen LogP contribution in [0.4, 0.5) is 5.69 Å². The van der Waals surface area contributed by atoms with Gasteiger partial charge in [0, 0.05) is 11.4 Å². The first kappa shape index (κ1) is 20.6. The standard InChI is InChI=1S/C19H19Cl2NO3S/c1-12-3-6-15(7-4-12)22-19(24)13(2)25-18(23)11-26-10-14-5-8-16(20)17(21)9-14/h3-9,13H,10-11H2,1-2H3,(H,22,24)/t13-/m1/s1. The predicted molar refractivity (Wildman–Crippen MR) is 108 cm³/mol. The summed E-state index contributed by atoms with van der Waals surface area (Å²) in [5, 5.41) is 3.69. The van der Waals surface area contributed by atoms with Gasteiger partial charge in [0.25, 0.3) is 5.91 Å². The van der Waals surface area contributed by atoms with Gasteiger partial charge in [0.1, 0.15) is 0 Å². The average Bonchev–Trinajstić information content (AvgIpc) is 2.60. The van der Waals surface area contributed by atoms with Crippen molar-refractivity contribution in [1.29, 1.82) is 0 Å². The molecule has 4 nitrogen and oxygen atoms in total. The van der Waals surface area contributed by atoms with Crippen molar-refractivity contribution in [2.24, 2.45) is 0 Å². The minimum absolute atomic E-state index is 0.141. The van der Waals surface area contributed by atoms with Crippen LogP contribution in [-0.4, -0.2) is 23.7 Å². The molecule has 0 saturated heterocycles. The van der Waals surface area contributed by atoms with E-state index in [1.54, 1.807) is 31.2 Å². The maximum atomic E-state index is 12.1. The molecule has 26 heavy (non-hydrogen) atoms. The van der Waals surface area contributed by atoms with Crippen LogP contribution in [0.1, 0.15) is 18.1 Å². The minimum Gasteiger partial charge on any atom is -0.452 e. The summed E-state index contributed by atoms with van der Waals surface area (Å²) in [6, 6.07) is 12.7. The molecule has 2 rings (SSSR count). The Hall–Kier alpha value is -1.69. The molecule has 0 spiro atoms. The topological polar surface area (TPSA) is 55.4 Å². The van der Waals surface area contributed by atoms with Crippen LogP contribution in [-0.2, 0) is 20.1 Å². The number of carbonyl (C=O) groups excluding carboxylic acids is 2. The molecule has 0 bridgehead atoms. The van der Waals surface area contributed by atoms with Gasteiger partial charge in [-0.2, -0.15) is 0 Å². The summed E-state index contributed by atoms with van der Waals surface area (Å²) < 4.78 is 5.17. The van der Waals surface area contributed by atoms with E-state index in [0.717, 1.165) is 11.1 Å². The van der Waals surface area contributed by atoms with Crippen molar-refractivity contribution < 1.29 is 14.3 Å². The maximum absolute atomic E-state index is 12.1. The minimum atomic E-state index is -0.866. The number of hydrogen-bond acceptors (Lipinski definition) is 4. The summed E-state index contributed by atoms with van der Waals surface area (Å²) in [6.45, 7) is 3.51. The molecule has 2 aromatic rings. The Bertz CT molecular complexity index is 781. The smallest absolute Gasteiger partial charge is 0.316 e. The highest BCUT2D eigenvalue weighted by atomic mass is 35.5. The lowest BCUT2D eigenvalue weighted by Crippen LogP contribution is -2.30. The zero-order valence-corrected chi connectivity index (χ0v) is 16.8. The van der Waals surface area contributed by atoms with Gasteiger partial charge in [-0.15, -0.1) is 11.8 Å². The Balaban J connectivity index is 1.74. The average molecular weight is 412 g/mol. The highest BCUT2D eigenvalue weighted by Crippen LogP contribution is 2.24. The molecule has 0 heterocycles. The second-order valence-corrected chi connectivity index (χ2v) is 7.53. The summed E-state index contributed by atoms with van der Waals surface area (Å²) in [6.07, 6.45) is -0.866. The number of carbonyl (C=O) groups is 2. The van der Waals surface area contributed by atoms with Gasteiger partial charge in [-0.25, -0.2) is 0 Å². The third-order valence-corrected chi connectivity index (χ3v) is 5.19. The molecular weight excluding hydrogens is 393 g/mol. The van der Waals surface area contributed by atoms with E-state index < -0.39 is 12.1 Å². The Morgan fingerprint density at radius 2 is 1.81 bits per heavy atom. The maximum Gasteiger partial charge on any atom is 0.316 e. The number of halogens is 2. The fraction of sp³-hybridized carbons (Fsp3) is 0.263. The monoisotopic (exact) mass is 411 g/mol. The van der Waals surface area contributed by atoms with Crippen LogP contribution in [0.3, 0.4) is 0 Å². The van der Waals surface area contributed by atoms with Crippen molar-refractivity contribution >= 4 is 52.5 Å². The highest BCUT2D eigenvalue weighted by molar-refractivity contribution is 7.99. The molecule has 1 N–H and O–H groups in total. The van der Waals surface area contributed by atoms with Gasteiger partial charge < -0.3 is 10.1 Å². The molecule has 7 heteroatoms. The number of hydrogen-bond donors (Lipinski definition) is 1. The molecule has 0 aromatic heterocycles. The van der Waals surface area contributed by atoms with Crippen LogP contribution in [0.25, 0.3) is 0 Å². The normalized spacial score (nSPS) is 11.7. The van der Waals surface area contributed by atoms with E-state index in [1.807, 2.05) is 25.1 Å². The lowest BCUT2D eigenvalue weighted by atomic mass is 10.2. The number of aryl methyl sites for hydroxylation is 1. The molecular formula is C19H19Cl2NO3S. The zero-order chi connectivity index (χ0) is 19.1. The quantitative estimate of drug-likeness (QED) is 0.643. The van der Waals surface area contributed by atoms with Crippen LogP contribution in [0.15, 0.2) is 42.5 Å². The zero-order valence-electron chi connectivity index (χ0n) is 14.4. The third-order valence-electron chi connectivity index (χ3n) is 3.47. The predicted octanol–water partition coefficient (Wildman–Crippen LogP) is 5.11. The van der Waals surface area contributed by atoms with Crippen LogP contribution >= 0.6 is 35.0 Å². The van der Waals surface area contributed by atoms with Gasteiger partial charge in [-0.1, -0.05) is 47.0 Å². The molecule has 0 unspecified atom stereocenters. The van der Waals surface area contributed by atoms with Crippen LogP contribution in [0, 0.1) is 6.92 Å². The summed E-state index contributed by atoms with van der Waals surface area (Å²) in [5.74, 6) is -0.0727. The Kier molecular flexibility index (Phi) is 7.82. The van der Waals surface area contributed by atoms with Gasteiger partial charge in [0.15, 0.2) is 6.10 Å². The van der Waals surface area contributed by atoms with Crippen LogP contribution in [0.2, 0.25) is 10.0 Å². The van der Waals surface area contributed by atoms with Crippen molar-refractivity contribution in [3.05, 3.63) is 63.6 Å². The molecule has 0 radical (unpaired) electrons. The van der Waals surface area contributed by atoms with Crippen molar-refractivity contribution in [3.63, 3.8) is 0 Å². The Labute approximate surface area is 167 Å². The van der Waals surface area contributed by atoms with Crippen molar-refractivity contribution in [2.75, 3.05) is 11.1 Å². The molecule has 0 fully saturated rings. The van der Waals surface area contributed by atoms with E-state index in [4.69, 9.17) is 27.9 Å². The molecule has 0 aliphatic rings. The summed E-state index contributed by atoms with van der Waals surface area (Å²) in [7, 11) is 0. The summed E-state index contributed by atoms with van der Waals surface area (Å²) in [5.41, 5.74) is 2.72. The van der Waals surface area contributed by atoms with E-state index >= 15 is 0 Å². The van der Waals surface area contributed by atoms with E-state index in [2.05, 4.69) is 5.32 Å². The lowest BCUT2D eigenvalue weighted by molar-refractivity contribution is -0.150. The number of thioether (sulfide) groups is 1. The molecule has 0 aliphatic carbocycles. The molecule has 1 atom stereocenters. The van der Waals surface area contributed by atoms with Gasteiger partial charge >= 0.3 is 5.97 Å². The number of esters is 1. The Morgan fingerprint density at radius 1 is 1.12 bits per heavy atom. The third kappa shape index (κ3) is 6.56. The molecule has 138 valence electrons. The SMILES string of the molecule is Cc1ccc(NC(=O)[C@@H](C)OC(=O)CSCc2ccc(Cl)c(Cl)c2)cc1. The van der Waals surface area contributed by atoms with E-state index in [-0.39, 0.29) is 11.7 Å². The van der Waals surface area contributed by atoms with Gasteiger partial charge in [0.2, 0.25) is 0 Å². The number of ether oxygens (including phenoxy) is 1. The fourth-order valence-corrected chi connectivity index (χ4v) is 3.12. The number of rotatable bonds is 7. The van der Waals surface area contributed by atoms with Crippen molar-refractivity contribution in [3.8, 4) is 0 Å².